The first kappa shape index (κ1) is 23.5. The van der Waals surface area contributed by atoms with Gasteiger partial charge in [-0.3, -0.25) is 0 Å². The molecule has 0 fully saturated rings. The minimum absolute atomic E-state index is 0.927. The third-order valence-corrected chi connectivity index (χ3v) is 1.85. The molecule has 0 unspecified atom stereocenters. The molecular formula is C20H34. The molecule has 0 atom stereocenters. The zero-order chi connectivity index (χ0) is 16.2. The Balaban J connectivity index is -0.000000355. The van der Waals surface area contributed by atoms with Gasteiger partial charge in [0.25, 0.3) is 0 Å². The summed E-state index contributed by atoms with van der Waals surface area (Å²) >= 11 is 0. The lowest BCUT2D eigenvalue weighted by atomic mass is 10.1. The van der Waals surface area contributed by atoms with Gasteiger partial charge < -0.3 is 0 Å². The average Bonchev–Trinajstić information content (AvgIpc) is 2.52. The molecule has 0 bridgehead atoms. The Kier molecular flexibility index (Phi) is 26.6. The highest BCUT2D eigenvalue weighted by Gasteiger charge is 1.92. The smallest absolute Gasteiger partial charge is 0.00260 e. The van der Waals surface area contributed by atoms with Crippen LogP contribution in [0.25, 0.3) is 0 Å². The van der Waals surface area contributed by atoms with Crippen LogP contribution in [0.3, 0.4) is 0 Å². The summed E-state index contributed by atoms with van der Waals surface area (Å²) in [7, 11) is 0. The number of allylic oxidation sites excluding steroid dienone is 4. The van der Waals surface area contributed by atoms with Crippen molar-refractivity contribution in [2.75, 3.05) is 0 Å². The van der Waals surface area contributed by atoms with Gasteiger partial charge in [-0.2, -0.15) is 0 Å². The Labute approximate surface area is 127 Å². The van der Waals surface area contributed by atoms with E-state index >= 15 is 0 Å². The van der Waals surface area contributed by atoms with Crippen molar-refractivity contribution in [3.63, 3.8) is 0 Å². The maximum Gasteiger partial charge on any atom is -0.00260 e. The fraction of sp³-hybridized carbons (Fsp3) is 0.400. The maximum atomic E-state index is 3.76. The molecule has 0 heteroatoms. The van der Waals surface area contributed by atoms with Crippen LogP contribution in [0.15, 0.2) is 67.3 Å². The Bertz CT molecular complexity index is 317. The second-order valence-electron chi connectivity index (χ2n) is 3.55. The topological polar surface area (TPSA) is 0 Å². The van der Waals surface area contributed by atoms with Crippen molar-refractivity contribution in [2.45, 2.75) is 54.4 Å². The molecule has 0 aliphatic carbocycles. The van der Waals surface area contributed by atoms with Crippen LogP contribution >= 0.6 is 0 Å². The van der Waals surface area contributed by atoms with Crippen LogP contribution in [-0.4, -0.2) is 0 Å². The first-order chi connectivity index (χ1) is 9.78. The average molecular weight is 274 g/mol. The largest absolute Gasteiger partial charge is 0.0991 e. The van der Waals surface area contributed by atoms with Gasteiger partial charge in [-0.25, -0.2) is 0 Å². The van der Waals surface area contributed by atoms with E-state index in [9.17, 15) is 0 Å². The quantitative estimate of drug-likeness (QED) is 0.519. The molecule has 114 valence electrons. The van der Waals surface area contributed by atoms with E-state index in [2.05, 4.69) is 39.1 Å². The Hall–Kier alpha value is -1.56. The second-order valence-corrected chi connectivity index (χ2v) is 3.55. The molecule has 1 rings (SSSR count). The SMILES string of the molecule is C=C/C=C(\C=C)Cc1ccccc1.CC.CC.CCC. The highest BCUT2D eigenvalue weighted by atomic mass is 14.0. The number of benzene rings is 1. The lowest BCUT2D eigenvalue weighted by Gasteiger charge is -2.00. The highest BCUT2D eigenvalue weighted by Crippen LogP contribution is 2.08. The van der Waals surface area contributed by atoms with E-state index in [4.69, 9.17) is 0 Å². The zero-order valence-corrected chi connectivity index (χ0v) is 14.4. The molecule has 0 nitrogen and oxygen atoms in total. The van der Waals surface area contributed by atoms with Gasteiger partial charge in [-0.05, 0) is 17.6 Å². The fourth-order valence-electron chi connectivity index (χ4n) is 1.18. The Morgan fingerprint density at radius 3 is 1.75 bits per heavy atom. The molecular weight excluding hydrogens is 240 g/mol. The standard InChI is InChI=1S/C13H14.C3H8.2C2H6/c1-3-8-12(4-2)11-13-9-6-5-7-10-13;1-3-2;2*1-2/h3-10H,1-2,11H2;3H2,1-2H3;2*1-2H3/b12-8+;;;. The van der Waals surface area contributed by atoms with Crippen molar-refractivity contribution < 1.29 is 0 Å². The third-order valence-electron chi connectivity index (χ3n) is 1.85. The van der Waals surface area contributed by atoms with E-state index in [1.54, 1.807) is 6.08 Å². The zero-order valence-electron chi connectivity index (χ0n) is 14.4. The van der Waals surface area contributed by atoms with E-state index in [0.717, 1.165) is 6.42 Å². The molecule has 0 radical (unpaired) electrons. The minimum atomic E-state index is 0.927. The lowest BCUT2D eigenvalue weighted by Crippen LogP contribution is -1.86. The fourth-order valence-corrected chi connectivity index (χ4v) is 1.18. The van der Waals surface area contributed by atoms with E-state index in [0.29, 0.717) is 0 Å². The highest BCUT2D eigenvalue weighted by molar-refractivity contribution is 5.29. The maximum absolute atomic E-state index is 3.76. The lowest BCUT2D eigenvalue weighted by molar-refractivity contribution is 1.09. The molecule has 20 heavy (non-hydrogen) atoms. The van der Waals surface area contributed by atoms with Crippen LogP contribution in [-0.2, 0) is 6.42 Å². The molecule has 0 spiro atoms. The summed E-state index contributed by atoms with van der Waals surface area (Å²) in [6, 6.07) is 10.3. The molecule has 0 saturated heterocycles. The van der Waals surface area contributed by atoms with Gasteiger partial charge >= 0.3 is 0 Å². The third kappa shape index (κ3) is 16.4. The van der Waals surface area contributed by atoms with Crippen LogP contribution in [0.4, 0.5) is 0 Å². The van der Waals surface area contributed by atoms with Crippen LogP contribution < -0.4 is 0 Å². The molecule has 0 heterocycles. The minimum Gasteiger partial charge on any atom is -0.0991 e. The van der Waals surface area contributed by atoms with E-state index in [1.807, 2.05) is 58.0 Å². The molecule has 0 aromatic heterocycles. The Morgan fingerprint density at radius 1 is 0.950 bits per heavy atom. The molecule has 0 amide bonds. The van der Waals surface area contributed by atoms with Gasteiger partial charge in [0.2, 0.25) is 0 Å². The summed E-state index contributed by atoms with van der Waals surface area (Å²) in [5, 5.41) is 0. The Morgan fingerprint density at radius 2 is 1.40 bits per heavy atom. The van der Waals surface area contributed by atoms with Crippen molar-refractivity contribution in [1.29, 1.82) is 0 Å². The van der Waals surface area contributed by atoms with Crippen LogP contribution in [0.2, 0.25) is 0 Å². The van der Waals surface area contributed by atoms with Crippen molar-refractivity contribution >= 4 is 0 Å². The summed E-state index contributed by atoms with van der Waals surface area (Å²) in [5.41, 5.74) is 2.50. The molecule has 0 saturated carbocycles. The summed E-state index contributed by atoms with van der Waals surface area (Å²) in [6.45, 7) is 19.7. The predicted molar refractivity (Wildman–Crippen MR) is 97.3 cm³/mol. The van der Waals surface area contributed by atoms with E-state index < -0.39 is 0 Å². The van der Waals surface area contributed by atoms with E-state index in [-0.39, 0.29) is 0 Å². The summed E-state index contributed by atoms with van der Waals surface area (Å²) in [4.78, 5) is 0. The molecule has 0 N–H and O–H groups in total. The summed E-state index contributed by atoms with van der Waals surface area (Å²) in [5.74, 6) is 0. The monoisotopic (exact) mass is 274 g/mol. The first-order valence-corrected chi connectivity index (χ1v) is 7.76. The molecule has 1 aromatic carbocycles. The number of hydrogen-bond donors (Lipinski definition) is 0. The van der Waals surface area contributed by atoms with Gasteiger partial charge in [-0.15, -0.1) is 0 Å². The van der Waals surface area contributed by atoms with Crippen LogP contribution in [0.5, 0.6) is 0 Å². The summed E-state index contributed by atoms with van der Waals surface area (Å²) in [6.07, 6.45) is 7.82. The molecule has 0 aliphatic rings. The van der Waals surface area contributed by atoms with Gasteiger partial charge in [0, 0.05) is 0 Å². The van der Waals surface area contributed by atoms with Gasteiger partial charge in [0.05, 0.1) is 0 Å². The van der Waals surface area contributed by atoms with Crippen molar-refractivity contribution in [3.8, 4) is 0 Å². The molecule has 1 aromatic rings. The first-order valence-electron chi connectivity index (χ1n) is 7.76. The second kappa shape index (κ2) is 22.6. The predicted octanol–water partition coefficient (Wildman–Crippen LogP) is 7.00. The molecule has 0 aliphatic heterocycles. The number of rotatable bonds is 4. The normalized spacial score (nSPS) is 8.60. The van der Waals surface area contributed by atoms with Gasteiger partial charge in [0.15, 0.2) is 0 Å². The number of hydrogen-bond acceptors (Lipinski definition) is 0. The summed E-state index contributed by atoms with van der Waals surface area (Å²) < 4.78 is 0. The van der Waals surface area contributed by atoms with Crippen LogP contribution in [0.1, 0.15) is 53.5 Å². The van der Waals surface area contributed by atoms with Gasteiger partial charge in [-0.1, -0.05) is 110 Å². The van der Waals surface area contributed by atoms with Crippen molar-refractivity contribution in [3.05, 3.63) is 72.9 Å². The van der Waals surface area contributed by atoms with Crippen LogP contribution in [0, 0.1) is 0 Å². The van der Waals surface area contributed by atoms with Crippen molar-refractivity contribution in [2.24, 2.45) is 0 Å². The van der Waals surface area contributed by atoms with Gasteiger partial charge in [0.1, 0.15) is 0 Å². The van der Waals surface area contributed by atoms with Crippen molar-refractivity contribution in [1.82, 2.24) is 0 Å². The van der Waals surface area contributed by atoms with E-state index in [1.165, 1.54) is 17.6 Å².